The fourth-order valence-electron chi connectivity index (χ4n) is 4.88. The summed E-state index contributed by atoms with van der Waals surface area (Å²) in [6.07, 6.45) is 7.03. The van der Waals surface area contributed by atoms with Gasteiger partial charge in [-0.05, 0) is 56.3 Å². The van der Waals surface area contributed by atoms with Gasteiger partial charge in [-0.15, -0.1) is 11.3 Å². The first kappa shape index (κ1) is 23.2. The Labute approximate surface area is 196 Å². The highest BCUT2D eigenvalue weighted by Crippen LogP contribution is 2.28. The van der Waals surface area contributed by atoms with E-state index >= 15 is 0 Å². The Balaban J connectivity index is 1.37. The van der Waals surface area contributed by atoms with E-state index in [4.69, 9.17) is 9.72 Å². The molecule has 2 fully saturated rings. The average molecular weight is 456 g/mol. The second-order valence-corrected chi connectivity index (χ2v) is 10.4. The standard InChI is InChI=1S/C26H37N3O2S/c1-20(2)23-11-5-6-12-24(23)31-18-25-27-22(19-32-25)17-29(16-15-28-13-7-8-14-28)26(30)21-9-3-4-10-21/h5-6,11-12,19-21H,3-4,7-10,13-18H2,1-2H3. The first-order chi connectivity index (χ1) is 15.6. The van der Waals surface area contributed by atoms with Gasteiger partial charge in [-0.25, -0.2) is 4.98 Å². The van der Waals surface area contributed by atoms with Crippen molar-refractivity contribution in [3.63, 3.8) is 0 Å². The zero-order valence-corrected chi connectivity index (χ0v) is 20.4. The van der Waals surface area contributed by atoms with Crippen molar-refractivity contribution in [2.75, 3.05) is 26.2 Å². The lowest BCUT2D eigenvalue weighted by Gasteiger charge is -2.27. The molecule has 0 spiro atoms. The van der Waals surface area contributed by atoms with Gasteiger partial charge in [-0.3, -0.25) is 4.79 Å². The predicted molar refractivity (Wildman–Crippen MR) is 130 cm³/mol. The highest BCUT2D eigenvalue weighted by atomic mass is 32.1. The number of ether oxygens (including phenoxy) is 1. The van der Waals surface area contributed by atoms with Gasteiger partial charge in [0.05, 0.1) is 12.2 Å². The van der Waals surface area contributed by atoms with Crippen molar-refractivity contribution in [2.45, 2.75) is 71.4 Å². The molecule has 0 unspecified atom stereocenters. The van der Waals surface area contributed by atoms with Gasteiger partial charge in [0.1, 0.15) is 17.4 Å². The third kappa shape index (κ3) is 6.10. The Morgan fingerprint density at radius 3 is 2.69 bits per heavy atom. The smallest absolute Gasteiger partial charge is 0.226 e. The third-order valence-corrected chi connectivity index (χ3v) is 7.62. The summed E-state index contributed by atoms with van der Waals surface area (Å²) in [5.74, 6) is 1.90. The van der Waals surface area contributed by atoms with Crippen LogP contribution in [0.2, 0.25) is 0 Å². The monoisotopic (exact) mass is 455 g/mol. The Kier molecular flexibility index (Phi) is 8.20. The van der Waals surface area contributed by atoms with Crippen molar-refractivity contribution < 1.29 is 9.53 Å². The lowest BCUT2D eigenvalue weighted by Crippen LogP contribution is -2.40. The number of aromatic nitrogens is 1. The Hall–Kier alpha value is -1.92. The molecule has 0 radical (unpaired) electrons. The van der Waals surface area contributed by atoms with Crippen LogP contribution in [0.25, 0.3) is 0 Å². The van der Waals surface area contributed by atoms with Crippen LogP contribution in [0.1, 0.15) is 74.6 Å². The molecule has 1 aromatic carbocycles. The number of hydrogen-bond acceptors (Lipinski definition) is 5. The Bertz CT molecular complexity index is 869. The summed E-state index contributed by atoms with van der Waals surface area (Å²) >= 11 is 1.63. The van der Waals surface area contributed by atoms with Crippen LogP contribution in [0, 0.1) is 5.92 Å². The van der Waals surface area contributed by atoms with E-state index in [2.05, 4.69) is 41.2 Å². The number of nitrogens with zero attached hydrogens (tertiary/aromatic N) is 3. The van der Waals surface area contributed by atoms with Gasteiger partial charge in [-0.1, -0.05) is 44.9 Å². The van der Waals surface area contributed by atoms with Gasteiger partial charge >= 0.3 is 0 Å². The van der Waals surface area contributed by atoms with Crippen LogP contribution in [0.3, 0.4) is 0 Å². The van der Waals surface area contributed by atoms with Crippen LogP contribution >= 0.6 is 11.3 Å². The average Bonchev–Trinajstić information content (AvgIpc) is 3.58. The summed E-state index contributed by atoms with van der Waals surface area (Å²) in [5.41, 5.74) is 2.21. The molecule has 1 saturated carbocycles. The molecule has 6 heteroatoms. The van der Waals surface area contributed by atoms with E-state index in [-0.39, 0.29) is 5.92 Å². The van der Waals surface area contributed by atoms with Crippen molar-refractivity contribution in [1.29, 1.82) is 0 Å². The number of amides is 1. The molecule has 0 bridgehead atoms. The van der Waals surface area contributed by atoms with Gasteiger partial charge in [0.15, 0.2) is 0 Å². The number of para-hydroxylation sites is 1. The second kappa shape index (κ2) is 11.3. The minimum Gasteiger partial charge on any atom is -0.486 e. The van der Waals surface area contributed by atoms with E-state index in [0.29, 0.717) is 25.0 Å². The Morgan fingerprint density at radius 1 is 1.19 bits per heavy atom. The largest absolute Gasteiger partial charge is 0.486 e. The summed E-state index contributed by atoms with van der Waals surface area (Å²) in [4.78, 5) is 22.6. The SMILES string of the molecule is CC(C)c1ccccc1OCc1nc(CN(CCN2CCCC2)C(=O)C2CCCC2)cs1. The van der Waals surface area contributed by atoms with Gasteiger partial charge in [-0.2, -0.15) is 0 Å². The second-order valence-electron chi connectivity index (χ2n) is 9.50. The van der Waals surface area contributed by atoms with E-state index in [1.807, 2.05) is 12.1 Å². The Morgan fingerprint density at radius 2 is 1.94 bits per heavy atom. The maximum atomic E-state index is 13.2. The first-order valence-corrected chi connectivity index (χ1v) is 13.1. The summed E-state index contributed by atoms with van der Waals surface area (Å²) in [7, 11) is 0. The highest BCUT2D eigenvalue weighted by molar-refractivity contribution is 7.09. The summed E-state index contributed by atoms with van der Waals surface area (Å²) in [6.45, 7) is 9.57. The fourth-order valence-corrected chi connectivity index (χ4v) is 5.57. The van der Waals surface area contributed by atoms with Crippen molar-refractivity contribution in [2.24, 2.45) is 5.92 Å². The van der Waals surface area contributed by atoms with Crippen molar-refractivity contribution in [3.8, 4) is 5.75 Å². The van der Waals surface area contributed by atoms with E-state index in [9.17, 15) is 4.79 Å². The van der Waals surface area contributed by atoms with Gasteiger partial charge < -0.3 is 14.5 Å². The van der Waals surface area contributed by atoms with Gasteiger partial charge in [0.25, 0.3) is 0 Å². The first-order valence-electron chi connectivity index (χ1n) is 12.3. The maximum absolute atomic E-state index is 13.2. The molecule has 0 atom stereocenters. The minimum absolute atomic E-state index is 0.211. The summed E-state index contributed by atoms with van der Waals surface area (Å²) in [6, 6.07) is 8.23. The molecule has 1 aliphatic heterocycles. The van der Waals surface area contributed by atoms with Gasteiger partial charge in [0.2, 0.25) is 5.91 Å². The lowest BCUT2D eigenvalue weighted by molar-refractivity contribution is -0.136. The highest BCUT2D eigenvalue weighted by Gasteiger charge is 2.28. The van der Waals surface area contributed by atoms with Crippen LogP contribution in [0.5, 0.6) is 5.75 Å². The van der Waals surface area contributed by atoms with E-state index < -0.39 is 0 Å². The molecule has 1 aliphatic carbocycles. The number of carbonyl (C=O) groups excluding carboxylic acids is 1. The molecule has 0 N–H and O–H groups in total. The van der Waals surface area contributed by atoms with Crippen LogP contribution in [0.15, 0.2) is 29.6 Å². The molecule has 5 nitrogen and oxygen atoms in total. The molecule has 1 amide bonds. The third-order valence-electron chi connectivity index (χ3n) is 6.75. The predicted octanol–water partition coefficient (Wildman–Crippen LogP) is 5.46. The topological polar surface area (TPSA) is 45.7 Å². The molecular formula is C26H37N3O2S. The van der Waals surface area contributed by atoms with Gasteiger partial charge in [0, 0.05) is 24.4 Å². The number of rotatable bonds is 10. The lowest BCUT2D eigenvalue weighted by atomic mass is 10.0. The quantitative estimate of drug-likeness (QED) is 0.477. The summed E-state index contributed by atoms with van der Waals surface area (Å²) in [5, 5.41) is 3.06. The molecular weight excluding hydrogens is 418 g/mol. The molecule has 32 heavy (non-hydrogen) atoms. The van der Waals surface area contributed by atoms with E-state index in [0.717, 1.165) is 42.4 Å². The molecule has 1 aromatic heterocycles. The number of likely N-dealkylation sites (tertiary alicyclic amines) is 1. The molecule has 2 aromatic rings. The molecule has 1 saturated heterocycles. The normalized spacial score (nSPS) is 17.3. The number of benzene rings is 1. The van der Waals surface area contributed by atoms with E-state index in [1.54, 1.807) is 11.3 Å². The van der Waals surface area contributed by atoms with Crippen molar-refractivity contribution in [3.05, 3.63) is 45.9 Å². The number of hydrogen-bond donors (Lipinski definition) is 0. The minimum atomic E-state index is 0.211. The zero-order chi connectivity index (χ0) is 22.3. The maximum Gasteiger partial charge on any atom is 0.226 e. The molecule has 2 heterocycles. The van der Waals surface area contributed by atoms with Crippen LogP contribution in [-0.4, -0.2) is 46.9 Å². The van der Waals surface area contributed by atoms with Crippen molar-refractivity contribution in [1.82, 2.24) is 14.8 Å². The van der Waals surface area contributed by atoms with Crippen LogP contribution in [0.4, 0.5) is 0 Å². The van der Waals surface area contributed by atoms with Crippen molar-refractivity contribution >= 4 is 17.2 Å². The summed E-state index contributed by atoms with van der Waals surface area (Å²) < 4.78 is 6.11. The zero-order valence-electron chi connectivity index (χ0n) is 19.6. The number of carbonyl (C=O) groups is 1. The molecule has 174 valence electrons. The molecule has 2 aliphatic rings. The fraction of sp³-hybridized carbons (Fsp3) is 0.615. The van der Waals surface area contributed by atoms with E-state index in [1.165, 1.54) is 44.3 Å². The molecule has 4 rings (SSSR count). The van der Waals surface area contributed by atoms with Crippen LogP contribution in [-0.2, 0) is 17.9 Å². The number of thiazole rings is 1. The van der Waals surface area contributed by atoms with Crippen LogP contribution < -0.4 is 4.74 Å².